The molecule has 0 unspecified atom stereocenters. The van der Waals surface area contributed by atoms with E-state index in [4.69, 9.17) is 4.74 Å². The molecular formula is C19H17N3O2. The van der Waals surface area contributed by atoms with Crippen LogP contribution in [0.2, 0.25) is 0 Å². The number of ether oxygens (including phenoxy) is 1. The molecule has 0 aliphatic rings. The fourth-order valence-corrected chi connectivity index (χ4v) is 2.24. The van der Waals surface area contributed by atoms with Crippen molar-refractivity contribution in [2.45, 2.75) is 13.3 Å². The van der Waals surface area contributed by atoms with Crippen molar-refractivity contribution in [2.24, 2.45) is 0 Å². The Morgan fingerprint density at radius 2 is 1.83 bits per heavy atom. The van der Waals surface area contributed by atoms with Gasteiger partial charge in [-0.25, -0.2) is 9.97 Å². The van der Waals surface area contributed by atoms with Gasteiger partial charge in [-0.15, -0.1) is 0 Å². The van der Waals surface area contributed by atoms with Crippen LogP contribution in [-0.2, 0) is 11.2 Å². The first-order valence-corrected chi connectivity index (χ1v) is 7.60. The SMILES string of the molecule is Cc1nccc(NC(=O)Cc2cccc(Oc3ccccc3)c2)n1. The van der Waals surface area contributed by atoms with Gasteiger partial charge in [0.15, 0.2) is 0 Å². The number of nitrogens with zero attached hydrogens (tertiary/aromatic N) is 2. The highest BCUT2D eigenvalue weighted by atomic mass is 16.5. The van der Waals surface area contributed by atoms with Gasteiger partial charge in [-0.2, -0.15) is 0 Å². The van der Waals surface area contributed by atoms with E-state index >= 15 is 0 Å². The number of hydrogen-bond acceptors (Lipinski definition) is 4. The summed E-state index contributed by atoms with van der Waals surface area (Å²) in [5.41, 5.74) is 0.867. The summed E-state index contributed by atoms with van der Waals surface area (Å²) in [6.07, 6.45) is 1.86. The molecule has 120 valence electrons. The number of amides is 1. The van der Waals surface area contributed by atoms with Gasteiger partial charge in [0.05, 0.1) is 6.42 Å². The second-order valence-electron chi connectivity index (χ2n) is 5.28. The monoisotopic (exact) mass is 319 g/mol. The van der Waals surface area contributed by atoms with Gasteiger partial charge in [0.25, 0.3) is 0 Å². The summed E-state index contributed by atoms with van der Waals surface area (Å²) >= 11 is 0. The molecule has 0 saturated carbocycles. The van der Waals surface area contributed by atoms with Gasteiger partial charge in [-0.1, -0.05) is 30.3 Å². The molecule has 0 aliphatic carbocycles. The minimum absolute atomic E-state index is 0.134. The zero-order chi connectivity index (χ0) is 16.8. The molecule has 0 fully saturated rings. The lowest BCUT2D eigenvalue weighted by Crippen LogP contribution is -2.15. The van der Waals surface area contributed by atoms with Gasteiger partial charge in [0.1, 0.15) is 23.1 Å². The Morgan fingerprint density at radius 3 is 2.62 bits per heavy atom. The summed E-state index contributed by atoms with van der Waals surface area (Å²) in [4.78, 5) is 20.3. The predicted molar refractivity (Wildman–Crippen MR) is 92.1 cm³/mol. The molecule has 1 amide bonds. The molecule has 1 heterocycles. The number of aryl methyl sites for hydroxylation is 1. The maximum absolute atomic E-state index is 12.2. The second kappa shape index (κ2) is 7.37. The molecule has 0 radical (unpaired) electrons. The zero-order valence-corrected chi connectivity index (χ0v) is 13.3. The van der Waals surface area contributed by atoms with Crippen LogP contribution in [0.1, 0.15) is 11.4 Å². The third kappa shape index (κ3) is 4.39. The van der Waals surface area contributed by atoms with Crippen LogP contribution in [0.4, 0.5) is 5.82 Å². The Morgan fingerprint density at radius 1 is 1.04 bits per heavy atom. The van der Waals surface area contributed by atoms with Crippen LogP contribution >= 0.6 is 0 Å². The number of hydrogen-bond donors (Lipinski definition) is 1. The number of carbonyl (C=O) groups is 1. The largest absolute Gasteiger partial charge is 0.457 e. The van der Waals surface area contributed by atoms with Gasteiger partial charge in [0.2, 0.25) is 5.91 Å². The number of nitrogens with one attached hydrogen (secondary N) is 1. The van der Waals surface area contributed by atoms with E-state index in [2.05, 4.69) is 15.3 Å². The Hall–Kier alpha value is -3.21. The third-order valence-electron chi connectivity index (χ3n) is 3.29. The van der Waals surface area contributed by atoms with Crippen LogP contribution in [0.15, 0.2) is 66.9 Å². The lowest BCUT2D eigenvalue weighted by molar-refractivity contribution is -0.115. The molecule has 0 saturated heterocycles. The summed E-state index contributed by atoms with van der Waals surface area (Å²) in [6.45, 7) is 1.78. The Balaban J connectivity index is 1.65. The molecule has 5 heteroatoms. The maximum Gasteiger partial charge on any atom is 0.229 e. The summed E-state index contributed by atoms with van der Waals surface area (Å²) in [6, 6.07) is 18.7. The highest BCUT2D eigenvalue weighted by Crippen LogP contribution is 2.22. The molecule has 0 aliphatic heterocycles. The van der Waals surface area contributed by atoms with Crippen LogP contribution < -0.4 is 10.1 Å². The topological polar surface area (TPSA) is 64.1 Å². The van der Waals surface area contributed by atoms with Gasteiger partial charge in [-0.3, -0.25) is 4.79 Å². The predicted octanol–water partition coefficient (Wildman–Crippen LogP) is 3.76. The lowest BCUT2D eigenvalue weighted by atomic mass is 10.1. The van der Waals surface area contributed by atoms with E-state index in [1.165, 1.54) is 0 Å². The minimum Gasteiger partial charge on any atom is -0.457 e. The number of para-hydroxylation sites is 1. The standard InChI is InChI=1S/C19H17N3O2/c1-14-20-11-10-18(21-14)22-19(23)13-15-6-5-9-17(12-15)24-16-7-3-2-4-8-16/h2-12H,13H2,1H3,(H,20,21,22,23). The van der Waals surface area contributed by atoms with Crippen molar-refractivity contribution in [2.75, 3.05) is 5.32 Å². The average molecular weight is 319 g/mol. The number of carbonyl (C=O) groups excluding carboxylic acids is 1. The molecule has 24 heavy (non-hydrogen) atoms. The van der Waals surface area contributed by atoms with Crippen LogP contribution in [0.3, 0.4) is 0 Å². The van der Waals surface area contributed by atoms with Crippen molar-refractivity contribution >= 4 is 11.7 Å². The van der Waals surface area contributed by atoms with Crippen molar-refractivity contribution in [3.05, 3.63) is 78.2 Å². The summed E-state index contributed by atoms with van der Waals surface area (Å²) in [7, 11) is 0. The highest BCUT2D eigenvalue weighted by Gasteiger charge is 2.07. The van der Waals surface area contributed by atoms with Crippen LogP contribution in [0.25, 0.3) is 0 Å². The quantitative estimate of drug-likeness (QED) is 0.778. The van der Waals surface area contributed by atoms with Crippen LogP contribution in [0, 0.1) is 6.92 Å². The van der Waals surface area contributed by atoms with Crippen molar-refractivity contribution in [3.8, 4) is 11.5 Å². The third-order valence-corrected chi connectivity index (χ3v) is 3.29. The van der Waals surface area contributed by atoms with Crippen molar-refractivity contribution in [1.29, 1.82) is 0 Å². The van der Waals surface area contributed by atoms with E-state index < -0.39 is 0 Å². The van der Waals surface area contributed by atoms with Crippen molar-refractivity contribution in [3.63, 3.8) is 0 Å². The van der Waals surface area contributed by atoms with E-state index in [9.17, 15) is 4.79 Å². The molecule has 5 nitrogen and oxygen atoms in total. The van der Waals surface area contributed by atoms with Gasteiger partial charge < -0.3 is 10.1 Å². The lowest BCUT2D eigenvalue weighted by Gasteiger charge is -2.08. The van der Waals surface area contributed by atoms with Crippen molar-refractivity contribution < 1.29 is 9.53 Å². The molecule has 3 rings (SSSR count). The van der Waals surface area contributed by atoms with E-state index in [1.54, 1.807) is 19.2 Å². The minimum atomic E-state index is -0.134. The summed E-state index contributed by atoms with van der Waals surface area (Å²) in [5, 5.41) is 2.77. The first kappa shape index (κ1) is 15.7. The van der Waals surface area contributed by atoms with Gasteiger partial charge in [-0.05, 0) is 42.8 Å². The Kier molecular flexibility index (Phi) is 4.81. The molecule has 1 N–H and O–H groups in total. The van der Waals surface area contributed by atoms with Crippen LogP contribution in [-0.4, -0.2) is 15.9 Å². The fourth-order valence-electron chi connectivity index (χ4n) is 2.24. The smallest absolute Gasteiger partial charge is 0.229 e. The van der Waals surface area contributed by atoms with E-state index in [0.29, 0.717) is 17.4 Å². The molecule has 3 aromatic rings. The molecule has 1 aromatic heterocycles. The molecule has 2 aromatic carbocycles. The first-order chi connectivity index (χ1) is 11.7. The molecule has 0 spiro atoms. The van der Waals surface area contributed by atoms with Crippen LogP contribution in [0.5, 0.6) is 11.5 Å². The fraction of sp³-hybridized carbons (Fsp3) is 0.105. The molecule has 0 bridgehead atoms. The zero-order valence-electron chi connectivity index (χ0n) is 13.3. The second-order valence-corrected chi connectivity index (χ2v) is 5.28. The average Bonchev–Trinajstić information content (AvgIpc) is 2.56. The number of rotatable bonds is 5. The van der Waals surface area contributed by atoms with E-state index in [-0.39, 0.29) is 12.3 Å². The molecular weight excluding hydrogens is 302 g/mol. The maximum atomic E-state index is 12.2. The number of benzene rings is 2. The van der Waals surface area contributed by atoms with Crippen molar-refractivity contribution in [1.82, 2.24) is 9.97 Å². The summed E-state index contributed by atoms with van der Waals surface area (Å²) in [5.74, 6) is 2.44. The normalized spacial score (nSPS) is 10.2. The number of aromatic nitrogens is 2. The van der Waals surface area contributed by atoms with Gasteiger partial charge in [0, 0.05) is 6.20 Å². The van der Waals surface area contributed by atoms with E-state index in [0.717, 1.165) is 11.3 Å². The van der Waals surface area contributed by atoms with E-state index in [1.807, 2.05) is 54.6 Å². The number of anilines is 1. The first-order valence-electron chi connectivity index (χ1n) is 7.60. The summed E-state index contributed by atoms with van der Waals surface area (Å²) < 4.78 is 5.78. The highest BCUT2D eigenvalue weighted by molar-refractivity contribution is 5.91. The Bertz CT molecular complexity index is 835. The van der Waals surface area contributed by atoms with Gasteiger partial charge >= 0.3 is 0 Å². The molecule has 0 atom stereocenters. The Labute approximate surface area is 140 Å².